The van der Waals surface area contributed by atoms with Gasteiger partial charge in [-0.05, 0) is 55.3 Å². The number of fused-ring (bicyclic) bond motifs is 1. The topological polar surface area (TPSA) is 0 Å². The minimum Gasteiger partial charge on any atom is -0.0814 e. The molecule has 0 heterocycles. The summed E-state index contributed by atoms with van der Waals surface area (Å²) in [6.07, 6.45) is 8.39. The lowest BCUT2D eigenvalue weighted by Gasteiger charge is -2.23. The highest BCUT2D eigenvalue weighted by atomic mass is 14.4. The standard InChI is InChI=1S/C15H26/c1-10(2)13-7-5-11(3)14-8-6-12(4)15(14)9-13/h9-12,14-15H,5-8H2,1-4H3/t11?,12?,14-,15+/m1/s1. The molecule has 2 aliphatic rings. The molecule has 0 aromatic heterocycles. The van der Waals surface area contributed by atoms with Crippen molar-refractivity contribution in [3.05, 3.63) is 11.6 Å². The van der Waals surface area contributed by atoms with Crippen LogP contribution in [0.25, 0.3) is 0 Å². The Morgan fingerprint density at radius 3 is 2.47 bits per heavy atom. The van der Waals surface area contributed by atoms with Crippen LogP contribution in [-0.4, -0.2) is 0 Å². The second-order valence-corrected chi connectivity index (χ2v) is 6.21. The quantitative estimate of drug-likeness (QED) is 0.547. The van der Waals surface area contributed by atoms with Crippen LogP contribution in [0.5, 0.6) is 0 Å². The fraction of sp³-hybridized carbons (Fsp3) is 0.867. The second kappa shape index (κ2) is 4.31. The first-order valence-corrected chi connectivity index (χ1v) is 6.80. The van der Waals surface area contributed by atoms with Crippen LogP contribution in [0.15, 0.2) is 11.6 Å². The van der Waals surface area contributed by atoms with Gasteiger partial charge in [0.2, 0.25) is 0 Å². The maximum absolute atomic E-state index is 2.66. The summed E-state index contributed by atoms with van der Waals surface area (Å²) in [7, 11) is 0. The lowest BCUT2D eigenvalue weighted by molar-refractivity contribution is 0.289. The molecular weight excluding hydrogens is 180 g/mol. The van der Waals surface area contributed by atoms with Crippen LogP contribution in [0.2, 0.25) is 0 Å². The molecule has 4 atom stereocenters. The summed E-state index contributed by atoms with van der Waals surface area (Å²) in [6, 6.07) is 0. The molecule has 0 aromatic carbocycles. The van der Waals surface area contributed by atoms with Gasteiger partial charge in [-0.1, -0.05) is 39.3 Å². The Morgan fingerprint density at radius 1 is 1.07 bits per heavy atom. The molecule has 2 unspecified atom stereocenters. The van der Waals surface area contributed by atoms with Crippen molar-refractivity contribution in [1.82, 2.24) is 0 Å². The lowest BCUT2D eigenvalue weighted by Crippen LogP contribution is -2.16. The molecule has 0 spiro atoms. The van der Waals surface area contributed by atoms with Crippen LogP contribution in [0.1, 0.15) is 53.4 Å². The maximum atomic E-state index is 2.66. The van der Waals surface area contributed by atoms with Crippen molar-refractivity contribution in [3.63, 3.8) is 0 Å². The highest BCUT2D eigenvalue weighted by molar-refractivity contribution is 5.13. The van der Waals surface area contributed by atoms with Crippen LogP contribution >= 0.6 is 0 Å². The van der Waals surface area contributed by atoms with Crippen molar-refractivity contribution in [1.29, 1.82) is 0 Å². The summed E-state index contributed by atoms with van der Waals surface area (Å²) in [4.78, 5) is 0. The van der Waals surface area contributed by atoms with Gasteiger partial charge in [0.25, 0.3) is 0 Å². The summed E-state index contributed by atoms with van der Waals surface area (Å²) < 4.78 is 0. The molecule has 15 heavy (non-hydrogen) atoms. The van der Waals surface area contributed by atoms with Crippen LogP contribution in [-0.2, 0) is 0 Å². The third-order valence-electron chi connectivity index (χ3n) is 4.87. The minimum atomic E-state index is 0.767. The number of hydrogen-bond acceptors (Lipinski definition) is 0. The zero-order valence-electron chi connectivity index (χ0n) is 10.8. The average Bonchev–Trinajstić information content (AvgIpc) is 2.43. The van der Waals surface area contributed by atoms with Gasteiger partial charge >= 0.3 is 0 Å². The molecule has 0 saturated heterocycles. The molecule has 86 valence electrons. The van der Waals surface area contributed by atoms with E-state index >= 15 is 0 Å². The fourth-order valence-corrected chi connectivity index (χ4v) is 3.63. The van der Waals surface area contributed by atoms with E-state index in [-0.39, 0.29) is 0 Å². The Morgan fingerprint density at radius 2 is 1.80 bits per heavy atom. The van der Waals surface area contributed by atoms with Crippen molar-refractivity contribution < 1.29 is 0 Å². The first kappa shape index (κ1) is 11.2. The monoisotopic (exact) mass is 206 g/mol. The fourth-order valence-electron chi connectivity index (χ4n) is 3.63. The van der Waals surface area contributed by atoms with Crippen molar-refractivity contribution >= 4 is 0 Å². The lowest BCUT2D eigenvalue weighted by atomic mass is 9.82. The van der Waals surface area contributed by atoms with E-state index in [1.807, 2.05) is 0 Å². The molecule has 0 aromatic rings. The van der Waals surface area contributed by atoms with E-state index in [1.54, 1.807) is 5.57 Å². The molecule has 2 rings (SSSR count). The Bertz CT molecular complexity index is 249. The molecule has 0 bridgehead atoms. The van der Waals surface area contributed by atoms with Crippen molar-refractivity contribution in [2.75, 3.05) is 0 Å². The highest BCUT2D eigenvalue weighted by Gasteiger charge is 2.36. The van der Waals surface area contributed by atoms with Gasteiger partial charge in [-0.15, -0.1) is 0 Å². The maximum Gasteiger partial charge on any atom is -0.0174 e. The van der Waals surface area contributed by atoms with Crippen molar-refractivity contribution in [3.8, 4) is 0 Å². The number of allylic oxidation sites excluding steroid dienone is 2. The van der Waals surface area contributed by atoms with Crippen LogP contribution in [0.3, 0.4) is 0 Å². The Labute approximate surface area is 95.1 Å². The van der Waals surface area contributed by atoms with E-state index in [1.165, 1.54) is 25.7 Å². The summed E-state index contributed by atoms with van der Waals surface area (Å²) in [5, 5.41) is 0. The summed E-state index contributed by atoms with van der Waals surface area (Å²) in [6.45, 7) is 9.65. The number of hydrogen-bond donors (Lipinski definition) is 0. The molecule has 0 N–H and O–H groups in total. The van der Waals surface area contributed by atoms with Gasteiger partial charge in [-0.25, -0.2) is 0 Å². The first-order chi connectivity index (χ1) is 7.09. The molecule has 1 fully saturated rings. The van der Waals surface area contributed by atoms with Gasteiger partial charge in [-0.2, -0.15) is 0 Å². The van der Waals surface area contributed by atoms with Crippen LogP contribution < -0.4 is 0 Å². The Balaban J connectivity index is 2.22. The van der Waals surface area contributed by atoms with Crippen molar-refractivity contribution in [2.45, 2.75) is 53.4 Å². The summed E-state index contributed by atoms with van der Waals surface area (Å²) in [5.74, 6) is 4.55. The zero-order valence-corrected chi connectivity index (χ0v) is 10.8. The molecule has 0 heteroatoms. The van der Waals surface area contributed by atoms with Gasteiger partial charge in [0.15, 0.2) is 0 Å². The van der Waals surface area contributed by atoms with E-state index in [4.69, 9.17) is 0 Å². The highest BCUT2D eigenvalue weighted by Crippen LogP contribution is 2.46. The predicted octanol–water partition coefficient (Wildman–Crippen LogP) is 4.66. The normalized spacial score (nSPS) is 41.3. The molecule has 0 nitrogen and oxygen atoms in total. The average molecular weight is 206 g/mol. The molecule has 1 saturated carbocycles. The summed E-state index contributed by atoms with van der Waals surface area (Å²) >= 11 is 0. The van der Waals surface area contributed by atoms with Gasteiger partial charge in [0.1, 0.15) is 0 Å². The zero-order chi connectivity index (χ0) is 11.0. The Kier molecular flexibility index (Phi) is 3.23. The van der Waals surface area contributed by atoms with Crippen LogP contribution in [0, 0.1) is 29.6 Å². The van der Waals surface area contributed by atoms with Crippen LogP contribution in [0.4, 0.5) is 0 Å². The first-order valence-electron chi connectivity index (χ1n) is 6.80. The molecule has 2 aliphatic carbocycles. The third-order valence-corrected chi connectivity index (χ3v) is 4.87. The molecule has 0 radical (unpaired) electrons. The Hall–Kier alpha value is -0.260. The largest absolute Gasteiger partial charge is 0.0814 e. The van der Waals surface area contributed by atoms with Gasteiger partial charge in [0.05, 0.1) is 0 Å². The predicted molar refractivity (Wildman–Crippen MR) is 66.7 cm³/mol. The molecular formula is C15H26. The molecule has 0 amide bonds. The van der Waals surface area contributed by atoms with Crippen molar-refractivity contribution in [2.24, 2.45) is 29.6 Å². The minimum absolute atomic E-state index is 0.767. The van der Waals surface area contributed by atoms with Gasteiger partial charge in [-0.3, -0.25) is 0 Å². The van der Waals surface area contributed by atoms with E-state index < -0.39 is 0 Å². The molecule has 0 aliphatic heterocycles. The SMILES string of the molecule is CC(C)C1=C[C@H]2C(C)CC[C@@H]2C(C)CC1. The number of rotatable bonds is 1. The van der Waals surface area contributed by atoms with E-state index in [9.17, 15) is 0 Å². The van der Waals surface area contributed by atoms with Gasteiger partial charge < -0.3 is 0 Å². The van der Waals surface area contributed by atoms with E-state index in [0.717, 1.165) is 29.6 Å². The third kappa shape index (κ3) is 2.14. The van der Waals surface area contributed by atoms with Gasteiger partial charge in [0, 0.05) is 0 Å². The smallest absolute Gasteiger partial charge is 0.0174 e. The second-order valence-electron chi connectivity index (χ2n) is 6.21. The van der Waals surface area contributed by atoms with E-state index in [2.05, 4.69) is 33.8 Å². The summed E-state index contributed by atoms with van der Waals surface area (Å²) in [5.41, 5.74) is 1.74. The van der Waals surface area contributed by atoms with E-state index in [0.29, 0.717) is 0 Å².